The molecule has 0 aliphatic carbocycles. The van der Waals surface area contributed by atoms with Crippen molar-refractivity contribution in [1.29, 1.82) is 0 Å². The average molecular weight is 378 g/mol. The SMILES string of the molecule is C=C(C)COc1ccc(C2(C)NC(=O)N(Cc3ccc(C)cc3C)C2=O)cc1. The second kappa shape index (κ2) is 7.50. The van der Waals surface area contributed by atoms with Crippen molar-refractivity contribution in [2.45, 2.75) is 39.8 Å². The molecule has 1 unspecified atom stereocenters. The zero-order chi connectivity index (χ0) is 20.5. The average Bonchev–Trinajstić information content (AvgIpc) is 2.86. The lowest BCUT2D eigenvalue weighted by Gasteiger charge is -2.23. The minimum absolute atomic E-state index is 0.256. The quantitative estimate of drug-likeness (QED) is 0.605. The number of nitrogens with zero attached hydrogens (tertiary/aromatic N) is 1. The Morgan fingerprint density at radius 2 is 1.82 bits per heavy atom. The van der Waals surface area contributed by atoms with Crippen LogP contribution in [-0.2, 0) is 16.9 Å². The predicted molar refractivity (Wildman–Crippen MR) is 109 cm³/mol. The standard InChI is InChI=1S/C23H26N2O3/c1-15(2)14-28-20-10-8-19(9-11-20)23(5)21(26)25(22(27)24-23)13-18-7-6-16(3)12-17(18)4/h6-12H,1,13-14H2,2-5H3,(H,24,27). The van der Waals surface area contributed by atoms with Crippen molar-refractivity contribution >= 4 is 11.9 Å². The molecule has 1 fully saturated rings. The predicted octanol–water partition coefficient (Wildman–Crippen LogP) is 4.23. The van der Waals surface area contributed by atoms with Crippen LogP contribution in [0.3, 0.4) is 0 Å². The molecule has 2 aromatic rings. The van der Waals surface area contributed by atoms with Crippen LogP contribution in [0.4, 0.5) is 4.79 Å². The van der Waals surface area contributed by atoms with Gasteiger partial charge in [0.2, 0.25) is 0 Å². The monoisotopic (exact) mass is 378 g/mol. The molecule has 0 aromatic heterocycles. The van der Waals surface area contributed by atoms with E-state index in [2.05, 4.69) is 18.0 Å². The van der Waals surface area contributed by atoms with Crippen molar-refractivity contribution in [3.63, 3.8) is 0 Å². The van der Waals surface area contributed by atoms with Gasteiger partial charge >= 0.3 is 6.03 Å². The number of hydrogen-bond acceptors (Lipinski definition) is 3. The lowest BCUT2D eigenvalue weighted by atomic mass is 9.92. The van der Waals surface area contributed by atoms with Crippen LogP contribution in [0.5, 0.6) is 5.75 Å². The highest BCUT2D eigenvalue weighted by Gasteiger charge is 2.48. The topological polar surface area (TPSA) is 58.6 Å². The van der Waals surface area contributed by atoms with Crippen LogP contribution in [-0.4, -0.2) is 23.4 Å². The van der Waals surface area contributed by atoms with Crippen molar-refractivity contribution in [3.8, 4) is 5.75 Å². The molecule has 1 heterocycles. The first kappa shape index (κ1) is 19.7. The normalized spacial score (nSPS) is 18.9. The highest BCUT2D eigenvalue weighted by atomic mass is 16.5. The minimum Gasteiger partial charge on any atom is -0.489 e. The smallest absolute Gasteiger partial charge is 0.325 e. The first-order chi connectivity index (χ1) is 13.2. The molecule has 0 bridgehead atoms. The molecule has 5 nitrogen and oxygen atoms in total. The summed E-state index contributed by atoms with van der Waals surface area (Å²) in [5.41, 5.74) is 3.73. The third-order valence-electron chi connectivity index (χ3n) is 5.02. The van der Waals surface area contributed by atoms with Gasteiger partial charge in [0.15, 0.2) is 0 Å². The maximum atomic E-state index is 13.1. The molecule has 5 heteroatoms. The summed E-state index contributed by atoms with van der Waals surface area (Å²) in [5.74, 6) is 0.437. The van der Waals surface area contributed by atoms with Crippen LogP contribution < -0.4 is 10.1 Å². The van der Waals surface area contributed by atoms with E-state index in [0.717, 1.165) is 27.8 Å². The van der Waals surface area contributed by atoms with Gasteiger partial charge in [-0.3, -0.25) is 9.69 Å². The third-order valence-corrected chi connectivity index (χ3v) is 5.02. The summed E-state index contributed by atoms with van der Waals surface area (Å²) in [7, 11) is 0. The van der Waals surface area contributed by atoms with Crippen molar-refractivity contribution in [3.05, 3.63) is 76.9 Å². The highest BCUT2D eigenvalue weighted by molar-refractivity contribution is 6.07. The van der Waals surface area contributed by atoms with E-state index in [4.69, 9.17) is 4.74 Å². The van der Waals surface area contributed by atoms with Crippen LogP contribution in [0.15, 0.2) is 54.6 Å². The van der Waals surface area contributed by atoms with Crippen molar-refractivity contribution in [2.75, 3.05) is 6.61 Å². The summed E-state index contributed by atoms with van der Waals surface area (Å²) in [5, 5.41) is 2.85. The van der Waals surface area contributed by atoms with Gasteiger partial charge in [-0.1, -0.05) is 42.5 Å². The van der Waals surface area contributed by atoms with Crippen LogP contribution in [0, 0.1) is 13.8 Å². The van der Waals surface area contributed by atoms with E-state index in [1.165, 1.54) is 4.90 Å². The Morgan fingerprint density at radius 1 is 1.14 bits per heavy atom. The van der Waals surface area contributed by atoms with Gasteiger partial charge in [0.25, 0.3) is 5.91 Å². The fourth-order valence-corrected chi connectivity index (χ4v) is 3.32. The van der Waals surface area contributed by atoms with Gasteiger partial charge in [-0.25, -0.2) is 4.79 Å². The van der Waals surface area contributed by atoms with Crippen LogP contribution >= 0.6 is 0 Å². The summed E-state index contributed by atoms with van der Waals surface area (Å²) >= 11 is 0. The maximum absolute atomic E-state index is 13.1. The van der Waals surface area contributed by atoms with Gasteiger partial charge in [0.1, 0.15) is 17.9 Å². The lowest BCUT2D eigenvalue weighted by Crippen LogP contribution is -2.40. The fraction of sp³-hybridized carbons (Fsp3) is 0.304. The molecule has 0 radical (unpaired) electrons. The number of benzene rings is 2. The van der Waals surface area contributed by atoms with Crippen molar-refractivity contribution in [2.24, 2.45) is 0 Å². The van der Waals surface area contributed by atoms with Crippen molar-refractivity contribution in [1.82, 2.24) is 10.2 Å². The number of amides is 3. The number of imide groups is 1. The molecular weight excluding hydrogens is 352 g/mol. The van der Waals surface area contributed by atoms with Crippen LogP contribution in [0.25, 0.3) is 0 Å². The number of carbonyl (C=O) groups is 2. The van der Waals surface area contributed by atoms with Crippen molar-refractivity contribution < 1.29 is 14.3 Å². The van der Waals surface area contributed by atoms with Crippen LogP contribution in [0.1, 0.15) is 36.1 Å². The maximum Gasteiger partial charge on any atom is 0.325 e. The zero-order valence-corrected chi connectivity index (χ0v) is 16.8. The summed E-state index contributed by atoms with van der Waals surface area (Å²) in [6, 6.07) is 12.9. The third kappa shape index (κ3) is 3.79. The number of rotatable bonds is 6. The Balaban J connectivity index is 1.80. The van der Waals surface area contributed by atoms with Gasteiger partial charge in [-0.15, -0.1) is 0 Å². The Labute approximate surface area is 166 Å². The molecule has 0 spiro atoms. The van der Waals surface area contributed by atoms with Gasteiger partial charge < -0.3 is 10.1 Å². The van der Waals surface area contributed by atoms with Gasteiger partial charge in [0.05, 0.1) is 6.54 Å². The highest BCUT2D eigenvalue weighted by Crippen LogP contribution is 2.31. The number of hydrogen-bond donors (Lipinski definition) is 1. The van der Waals surface area contributed by atoms with E-state index in [-0.39, 0.29) is 18.5 Å². The first-order valence-electron chi connectivity index (χ1n) is 9.28. The lowest BCUT2D eigenvalue weighted by molar-refractivity contribution is -0.131. The minimum atomic E-state index is -1.09. The first-order valence-corrected chi connectivity index (χ1v) is 9.28. The molecular formula is C23H26N2O3. The number of aryl methyl sites for hydroxylation is 2. The second-order valence-corrected chi connectivity index (χ2v) is 7.65. The molecule has 1 aliphatic rings. The molecule has 0 saturated carbocycles. The molecule has 1 N–H and O–H groups in total. The summed E-state index contributed by atoms with van der Waals surface area (Å²) in [4.78, 5) is 27.0. The molecule has 3 rings (SSSR count). The number of nitrogens with one attached hydrogen (secondary N) is 1. The molecule has 3 amide bonds. The van der Waals surface area contributed by atoms with Gasteiger partial charge in [-0.2, -0.15) is 0 Å². The molecule has 28 heavy (non-hydrogen) atoms. The Bertz CT molecular complexity index is 933. The van der Waals surface area contributed by atoms with E-state index in [9.17, 15) is 9.59 Å². The van der Waals surface area contributed by atoms with Crippen LogP contribution in [0.2, 0.25) is 0 Å². The molecule has 146 valence electrons. The number of carbonyl (C=O) groups excluding carboxylic acids is 2. The number of urea groups is 1. The molecule has 1 saturated heterocycles. The van der Waals surface area contributed by atoms with E-state index in [1.807, 2.05) is 45.0 Å². The Kier molecular flexibility index (Phi) is 5.27. The summed E-state index contributed by atoms with van der Waals surface area (Å²) in [6.45, 7) is 12.1. The molecule has 1 atom stereocenters. The Morgan fingerprint density at radius 3 is 2.43 bits per heavy atom. The second-order valence-electron chi connectivity index (χ2n) is 7.65. The molecule has 2 aromatic carbocycles. The Hall–Kier alpha value is -3.08. The number of ether oxygens (including phenoxy) is 1. The van der Waals surface area contributed by atoms with Gasteiger partial charge in [-0.05, 0) is 62.1 Å². The van der Waals surface area contributed by atoms with E-state index in [1.54, 1.807) is 19.1 Å². The van der Waals surface area contributed by atoms with E-state index >= 15 is 0 Å². The fourth-order valence-electron chi connectivity index (χ4n) is 3.32. The van der Waals surface area contributed by atoms with E-state index in [0.29, 0.717) is 12.4 Å². The van der Waals surface area contributed by atoms with Gasteiger partial charge in [0, 0.05) is 0 Å². The van der Waals surface area contributed by atoms with E-state index < -0.39 is 5.54 Å². The summed E-state index contributed by atoms with van der Waals surface area (Å²) < 4.78 is 5.61. The largest absolute Gasteiger partial charge is 0.489 e. The zero-order valence-electron chi connectivity index (χ0n) is 16.8. The molecule has 1 aliphatic heterocycles. The summed E-state index contributed by atoms with van der Waals surface area (Å²) in [6.07, 6.45) is 0.